The normalized spacial score (nSPS) is 13.0. The molecule has 4 nitrogen and oxygen atoms in total. The lowest BCUT2D eigenvalue weighted by Gasteiger charge is -2.34. The average molecular weight is 915 g/mol. The SMILES string of the molecule is CC(C)(C)c1cc2c3ccccc3n(-c3ccc4c(c3)Oc3cc(-n5c6ccccc6c6ccccc65)cc5c3B4c3ccc(-c4ccccc4)cc3O5)c2c2sc3ccc(-c4ccccc4)cc3c12. The van der Waals surface area contributed by atoms with Crippen molar-refractivity contribution in [1.82, 2.24) is 9.13 Å². The van der Waals surface area contributed by atoms with E-state index in [2.05, 4.69) is 236 Å². The first-order valence-electron chi connectivity index (χ1n) is 24.2. The second-order valence-electron chi connectivity index (χ2n) is 20.0. The molecule has 0 amide bonds. The van der Waals surface area contributed by atoms with Crippen molar-refractivity contribution in [2.75, 3.05) is 0 Å². The molecule has 6 heteroatoms. The molecule has 0 spiro atoms. The number of hydrogen-bond acceptors (Lipinski definition) is 3. The van der Waals surface area contributed by atoms with Crippen LogP contribution in [0.1, 0.15) is 26.3 Å². The van der Waals surface area contributed by atoms with Gasteiger partial charge in [0, 0.05) is 66.4 Å². The van der Waals surface area contributed by atoms with Gasteiger partial charge in [0.15, 0.2) is 0 Å². The first-order chi connectivity index (χ1) is 34.3. The van der Waals surface area contributed by atoms with Gasteiger partial charge in [0.25, 0.3) is 6.71 Å². The zero-order valence-electron chi connectivity index (χ0n) is 38.8. The lowest BCUT2D eigenvalue weighted by atomic mass is 9.35. The summed E-state index contributed by atoms with van der Waals surface area (Å²) in [4.78, 5) is 0. The van der Waals surface area contributed by atoms with Crippen LogP contribution < -0.4 is 25.9 Å². The van der Waals surface area contributed by atoms with Crippen molar-refractivity contribution in [3.63, 3.8) is 0 Å². The summed E-state index contributed by atoms with van der Waals surface area (Å²) in [5.41, 5.74) is 16.0. The average Bonchev–Trinajstić information content (AvgIpc) is 4.06. The van der Waals surface area contributed by atoms with Crippen LogP contribution in [0.3, 0.4) is 0 Å². The van der Waals surface area contributed by atoms with E-state index >= 15 is 0 Å². The fraction of sp³-hybridized carbons (Fsp3) is 0.0625. The van der Waals surface area contributed by atoms with Crippen molar-refractivity contribution < 1.29 is 9.47 Å². The van der Waals surface area contributed by atoms with Gasteiger partial charge in [-0.05, 0) is 92.7 Å². The molecule has 70 heavy (non-hydrogen) atoms. The summed E-state index contributed by atoms with van der Waals surface area (Å²) in [6.45, 7) is 6.95. The molecule has 0 saturated heterocycles. The summed E-state index contributed by atoms with van der Waals surface area (Å²) < 4.78 is 21.8. The maximum atomic E-state index is 7.31. The van der Waals surface area contributed by atoms with E-state index in [1.54, 1.807) is 0 Å². The molecule has 3 aromatic heterocycles. The second kappa shape index (κ2) is 14.6. The molecule has 0 fully saturated rings. The topological polar surface area (TPSA) is 28.3 Å². The highest BCUT2D eigenvalue weighted by molar-refractivity contribution is 7.26. The Labute approximate surface area is 409 Å². The molecule has 15 rings (SSSR count). The van der Waals surface area contributed by atoms with Gasteiger partial charge in [0.05, 0.1) is 32.5 Å². The molecule has 10 aromatic carbocycles. The number of hydrogen-bond donors (Lipinski definition) is 0. The van der Waals surface area contributed by atoms with Gasteiger partial charge in [-0.2, -0.15) is 0 Å². The van der Waals surface area contributed by atoms with E-state index in [1.807, 2.05) is 11.3 Å². The molecule has 0 radical (unpaired) electrons. The van der Waals surface area contributed by atoms with E-state index < -0.39 is 0 Å². The van der Waals surface area contributed by atoms with Crippen molar-refractivity contribution >= 4 is 98.2 Å². The Morgan fingerprint density at radius 1 is 0.414 bits per heavy atom. The minimum atomic E-state index is -0.107. The Kier molecular flexibility index (Phi) is 8.27. The first kappa shape index (κ1) is 39.7. The standard InChI is InChI=1S/C64H43BN2O2S/c1-64(2,3)49-37-47-46-22-12-15-25-54(46)67(62(47)63-60(49)48-32-40(27-31-59(48)70-63)38-16-6-4-7-17-38)42-28-30-51-56(34-42)69-58-36-43(66-52-23-13-10-20-44(52)45-21-11-14-24-53(45)66)35-57-61(58)65(51)50-29-26-41(33-55(50)68-57)39-18-8-5-9-19-39/h4-37H,1-3H3. The van der Waals surface area contributed by atoms with Gasteiger partial charge in [-0.3, -0.25) is 0 Å². The third-order valence-electron chi connectivity index (χ3n) is 14.9. The third-order valence-corrected chi connectivity index (χ3v) is 16.1. The van der Waals surface area contributed by atoms with Crippen LogP contribution in [0.2, 0.25) is 0 Å². The summed E-state index contributed by atoms with van der Waals surface area (Å²) in [5, 5.41) is 7.57. The summed E-state index contributed by atoms with van der Waals surface area (Å²) >= 11 is 1.91. The minimum absolute atomic E-state index is 0.0990. The number of ether oxygens (including phenoxy) is 2. The summed E-state index contributed by atoms with van der Waals surface area (Å²) in [6.07, 6.45) is 0. The smallest absolute Gasteiger partial charge is 0.260 e. The van der Waals surface area contributed by atoms with Crippen molar-refractivity contribution in [2.45, 2.75) is 26.2 Å². The van der Waals surface area contributed by atoms with Gasteiger partial charge in [0.2, 0.25) is 0 Å². The molecule has 0 N–H and O–H groups in total. The number of aromatic nitrogens is 2. The number of nitrogens with zero attached hydrogens (tertiary/aromatic N) is 2. The lowest BCUT2D eigenvalue weighted by molar-refractivity contribution is 0.464. The molecule has 0 unspecified atom stereocenters. The largest absolute Gasteiger partial charge is 0.458 e. The van der Waals surface area contributed by atoms with Gasteiger partial charge in [0.1, 0.15) is 23.0 Å². The second-order valence-corrected chi connectivity index (χ2v) is 21.1. The molecular weight excluding hydrogens is 872 g/mol. The van der Waals surface area contributed by atoms with E-state index in [1.165, 1.54) is 69.4 Å². The van der Waals surface area contributed by atoms with Crippen LogP contribution in [0, 0.1) is 0 Å². The molecule has 0 atom stereocenters. The van der Waals surface area contributed by atoms with Crippen molar-refractivity contribution in [3.05, 3.63) is 212 Å². The Hall–Kier alpha value is -8.32. The Bertz CT molecular complexity index is 4290. The van der Waals surface area contributed by atoms with Crippen LogP contribution in [0.25, 0.3) is 97.4 Å². The fourth-order valence-electron chi connectivity index (χ4n) is 11.8. The quantitative estimate of drug-likeness (QED) is 0.165. The molecule has 2 aliphatic rings. The van der Waals surface area contributed by atoms with Crippen LogP contribution in [0.15, 0.2) is 206 Å². The summed E-state index contributed by atoms with van der Waals surface area (Å²) in [5.74, 6) is 3.32. The Balaban J connectivity index is 0.975. The molecule has 0 bridgehead atoms. The number of fused-ring (bicyclic) bond motifs is 14. The predicted octanol–water partition coefficient (Wildman–Crippen LogP) is 15.6. The van der Waals surface area contributed by atoms with Crippen LogP contribution in [-0.4, -0.2) is 15.8 Å². The Morgan fingerprint density at radius 3 is 1.56 bits per heavy atom. The third kappa shape index (κ3) is 5.71. The predicted molar refractivity (Wildman–Crippen MR) is 295 cm³/mol. The molecule has 13 aromatic rings. The van der Waals surface area contributed by atoms with Crippen LogP contribution in [-0.2, 0) is 5.41 Å². The van der Waals surface area contributed by atoms with Crippen molar-refractivity contribution in [1.29, 1.82) is 0 Å². The van der Waals surface area contributed by atoms with E-state index in [0.717, 1.165) is 72.9 Å². The summed E-state index contributed by atoms with van der Waals surface area (Å²) in [7, 11) is 0. The van der Waals surface area contributed by atoms with Gasteiger partial charge in [-0.25, -0.2) is 0 Å². The Morgan fingerprint density at radius 2 is 0.929 bits per heavy atom. The summed E-state index contributed by atoms with van der Waals surface area (Å²) in [6, 6.07) is 75.1. The molecule has 330 valence electrons. The van der Waals surface area contributed by atoms with Gasteiger partial charge >= 0.3 is 0 Å². The van der Waals surface area contributed by atoms with Crippen molar-refractivity contribution in [3.8, 4) is 56.6 Å². The fourth-order valence-corrected chi connectivity index (χ4v) is 13.0. The van der Waals surface area contributed by atoms with Crippen molar-refractivity contribution in [2.24, 2.45) is 0 Å². The maximum Gasteiger partial charge on any atom is 0.260 e. The van der Waals surface area contributed by atoms with Gasteiger partial charge < -0.3 is 18.6 Å². The monoisotopic (exact) mass is 914 g/mol. The van der Waals surface area contributed by atoms with Crippen LogP contribution in [0.4, 0.5) is 0 Å². The highest BCUT2D eigenvalue weighted by Gasteiger charge is 2.41. The molecular formula is C64H43BN2O2S. The maximum absolute atomic E-state index is 7.31. The lowest BCUT2D eigenvalue weighted by Crippen LogP contribution is -2.57. The van der Waals surface area contributed by atoms with Gasteiger partial charge in [-0.15, -0.1) is 11.3 Å². The number of thiophene rings is 1. The highest BCUT2D eigenvalue weighted by Crippen LogP contribution is 2.49. The van der Waals surface area contributed by atoms with E-state index in [9.17, 15) is 0 Å². The van der Waals surface area contributed by atoms with Crippen LogP contribution >= 0.6 is 11.3 Å². The molecule has 0 saturated carbocycles. The zero-order valence-corrected chi connectivity index (χ0v) is 39.6. The van der Waals surface area contributed by atoms with E-state index in [0.29, 0.717) is 0 Å². The number of para-hydroxylation sites is 3. The number of rotatable bonds is 4. The molecule has 2 aliphatic heterocycles. The number of benzene rings is 10. The molecule has 5 heterocycles. The first-order valence-corrected chi connectivity index (χ1v) is 25.0. The van der Waals surface area contributed by atoms with Gasteiger partial charge in [-0.1, -0.05) is 160 Å². The zero-order chi connectivity index (χ0) is 46.4. The van der Waals surface area contributed by atoms with Crippen LogP contribution in [0.5, 0.6) is 23.0 Å². The van der Waals surface area contributed by atoms with E-state index in [-0.39, 0.29) is 12.1 Å². The highest BCUT2D eigenvalue weighted by atomic mass is 32.1. The molecule has 0 aliphatic carbocycles. The van der Waals surface area contributed by atoms with E-state index in [4.69, 9.17) is 9.47 Å². The minimum Gasteiger partial charge on any atom is -0.458 e.